The van der Waals surface area contributed by atoms with Gasteiger partial charge in [0.2, 0.25) is 5.91 Å². The number of hydrogen-bond acceptors (Lipinski definition) is 4. The Kier molecular flexibility index (Phi) is 4.11. The normalized spacial score (nSPS) is 10.1. The number of carbonyl (C=O) groups is 1. The highest BCUT2D eigenvalue weighted by atomic mass is 16.1. The number of nitrogens with zero attached hydrogens (tertiary/aromatic N) is 4. The number of nitriles is 1. The van der Waals surface area contributed by atoms with E-state index in [4.69, 9.17) is 5.26 Å². The second-order valence-electron chi connectivity index (χ2n) is 4.42. The number of anilines is 1. The van der Waals surface area contributed by atoms with Gasteiger partial charge in [-0.25, -0.2) is 9.67 Å². The molecule has 1 amide bonds. The van der Waals surface area contributed by atoms with Crippen LogP contribution in [0.4, 0.5) is 5.69 Å². The van der Waals surface area contributed by atoms with E-state index in [1.807, 2.05) is 19.9 Å². The van der Waals surface area contributed by atoms with E-state index in [1.165, 1.54) is 0 Å². The van der Waals surface area contributed by atoms with Crippen molar-refractivity contribution in [3.05, 3.63) is 41.5 Å². The lowest BCUT2D eigenvalue weighted by Gasteiger charge is -2.06. The first-order valence-corrected chi connectivity index (χ1v) is 6.26. The van der Waals surface area contributed by atoms with Gasteiger partial charge in [-0.1, -0.05) is 6.07 Å². The number of carbonyl (C=O) groups excluding carboxylic acids is 1. The number of hydrogen-bond donors (Lipinski definition) is 1. The van der Waals surface area contributed by atoms with Gasteiger partial charge >= 0.3 is 0 Å². The molecule has 1 N–H and O–H groups in total. The molecule has 0 saturated carbocycles. The molecule has 0 fully saturated rings. The van der Waals surface area contributed by atoms with E-state index >= 15 is 0 Å². The van der Waals surface area contributed by atoms with Crippen LogP contribution in [0.1, 0.15) is 23.6 Å². The quantitative estimate of drug-likeness (QED) is 0.917. The van der Waals surface area contributed by atoms with E-state index in [9.17, 15) is 4.79 Å². The standard InChI is InChI=1S/C14H15N5O/c1-10-16-11(2)19(18-10)7-6-14(20)17-13-5-3-4-12(8-13)9-15/h3-5,8H,6-7H2,1-2H3,(H,17,20). The Bertz CT molecular complexity index is 668. The fourth-order valence-electron chi connectivity index (χ4n) is 1.87. The van der Waals surface area contributed by atoms with Crippen molar-refractivity contribution in [1.29, 1.82) is 5.26 Å². The van der Waals surface area contributed by atoms with E-state index in [2.05, 4.69) is 15.4 Å². The zero-order valence-electron chi connectivity index (χ0n) is 11.4. The molecule has 0 radical (unpaired) electrons. The minimum Gasteiger partial charge on any atom is -0.326 e. The summed E-state index contributed by atoms with van der Waals surface area (Å²) in [5.74, 6) is 1.37. The summed E-state index contributed by atoms with van der Waals surface area (Å²) in [6, 6.07) is 8.86. The molecule has 6 heteroatoms. The van der Waals surface area contributed by atoms with Crippen LogP contribution in [-0.4, -0.2) is 20.7 Å². The van der Waals surface area contributed by atoms with E-state index in [0.717, 1.165) is 5.82 Å². The first-order chi connectivity index (χ1) is 9.58. The van der Waals surface area contributed by atoms with Crippen molar-refractivity contribution in [3.8, 4) is 6.07 Å². The van der Waals surface area contributed by atoms with Crippen molar-refractivity contribution in [2.24, 2.45) is 0 Å². The predicted octanol–water partition coefficient (Wildman–Crippen LogP) is 1.80. The Morgan fingerprint density at radius 1 is 1.45 bits per heavy atom. The summed E-state index contributed by atoms with van der Waals surface area (Å²) >= 11 is 0. The summed E-state index contributed by atoms with van der Waals surface area (Å²) in [5, 5.41) is 15.8. The minimum absolute atomic E-state index is 0.118. The first-order valence-electron chi connectivity index (χ1n) is 6.26. The third-order valence-electron chi connectivity index (χ3n) is 2.79. The number of amides is 1. The van der Waals surface area contributed by atoms with Crippen molar-refractivity contribution < 1.29 is 4.79 Å². The summed E-state index contributed by atoms with van der Waals surface area (Å²) in [4.78, 5) is 16.0. The first kappa shape index (κ1) is 13.7. The molecule has 0 spiro atoms. The van der Waals surface area contributed by atoms with Crippen molar-refractivity contribution in [2.75, 3.05) is 5.32 Å². The van der Waals surface area contributed by atoms with Gasteiger partial charge < -0.3 is 5.32 Å². The average Bonchev–Trinajstić information content (AvgIpc) is 2.75. The molecule has 0 saturated heterocycles. The van der Waals surface area contributed by atoms with Crippen LogP contribution in [0, 0.1) is 25.2 Å². The lowest BCUT2D eigenvalue weighted by molar-refractivity contribution is -0.116. The van der Waals surface area contributed by atoms with Gasteiger partial charge in [-0.2, -0.15) is 10.4 Å². The van der Waals surface area contributed by atoms with Gasteiger partial charge in [0.15, 0.2) is 0 Å². The van der Waals surface area contributed by atoms with E-state index < -0.39 is 0 Å². The Morgan fingerprint density at radius 3 is 2.90 bits per heavy atom. The van der Waals surface area contributed by atoms with E-state index in [0.29, 0.717) is 30.0 Å². The fourth-order valence-corrected chi connectivity index (χ4v) is 1.87. The van der Waals surface area contributed by atoms with Gasteiger partial charge in [0, 0.05) is 12.1 Å². The van der Waals surface area contributed by atoms with Crippen LogP contribution in [0.25, 0.3) is 0 Å². The second-order valence-corrected chi connectivity index (χ2v) is 4.42. The molecule has 0 aliphatic heterocycles. The third kappa shape index (κ3) is 3.42. The number of aryl methyl sites for hydroxylation is 3. The van der Waals surface area contributed by atoms with E-state index in [1.54, 1.807) is 28.9 Å². The molecule has 2 rings (SSSR count). The van der Waals surface area contributed by atoms with Gasteiger partial charge in [0.05, 0.1) is 18.2 Å². The molecule has 0 atom stereocenters. The molecule has 102 valence electrons. The van der Waals surface area contributed by atoms with Crippen LogP contribution in [0.2, 0.25) is 0 Å². The van der Waals surface area contributed by atoms with Crippen molar-refractivity contribution in [2.45, 2.75) is 26.8 Å². The lowest BCUT2D eigenvalue weighted by Crippen LogP contribution is -2.15. The summed E-state index contributed by atoms with van der Waals surface area (Å²) in [5.41, 5.74) is 1.14. The Hall–Kier alpha value is -2.68. The molecule has 1 aromatic carbocycles. The molecular weight excluding hydrogens is 254 g/mol. The smallest absolute Gasteiger partial charge is 0.226 e. The number of benzene rings is 1. The summed E-state index contributed by atoms with van der Waals surface area (Å²) in [6.07, 6.45) is 0.306. The molecule has 2 aromatic rings. The topological polar surface area (TPSA) is 83.6 Å². The summed E-state index contributed by atoms with van der Waals surface area (Å²) < 4.78 is 1.71. The monoisotopic (exact) mass is 269 g/mol. The highest BCUT2D eigenvalue weighted by Gasteiger charge is 2.07. The maximum Gasteiger partial charge on any atom is 0.226 e. The molecule has 20 heavy (non-hydrogen) atoms. The Morgan fingerprint density at radius 2 is 2.25 bits per heavy atom. The molecule has 1 heterocycles. The zero-order chi connectivity index (χ0) is 14.5. The van der Waals surface area contributed by atoms with Crippen LogP contribution in [0.15, 0.2) is 24.3 Å². The predicted molar refractivity (Wildman–Crippen MR) is 73.9 cm³/mol. The number of nitrogens with one attached hydrogen (secondary N) is 1. The van der Waals surface area contributed by atoms with Crippen LogP contribution < -0.4 is 5.32 Å². The minimum atomic E-state index is -0.118. The van der Waals surface area contributed by atoms with Crippen molar-refractivity contribution in [1.82, 2.24) is 14.8 Å². The summed E-state index contributed by atoms with van der Waals surface area (Å²) in [7, 11) is 0. The Balaban J connectivity index is 1.92. The second kappa shape index (κ2) is 5.97. The van der Waals surface area contributed by atoms with Gasteiger partial charge in [-0.15, -0.1) is 0 Å². The highest BCUT2D eigenvalue weighted by Crippen LogP contribution is 2.10. The maximum atomic E-state index is 11.8. The molecular formula is C14H15N5O. The van der Waals surface area contributed by atoms with Crippen molar-refractivity contribution in [3.63, 3.8) is 0 Å². The largest absolute Gasteiger partial charge is 0.326 e. The van der Waals surface area contributed by atoms with Crippen molar-refractivity contribution >= 4 is 11.6 Å². The van der Waals surface area contributed by atoms with E-state index in [-0.39, 0.29) is 5.91 Å². The van der Waals surface area contributed by atoms with Gasteiger partial charge in [-0.3, -0.25) is 4.79 Å². The van der Waals surface area contributed by atoms with Crippen LogP contribution in [-0.2, 0) is 11.3 Å². The van der Waals surface area contributed by atoms with Gasteiger partial charge in [0.25, 0.3) is 0 Å². The maximum absolute atomic E-state index is 11.8. The average molecular weight is 269 g/mol. The molecule has 6 nitrogen and oxygen atoms in total. The van der Waals surface area contributed by atoms with Crippen LogP contribution in [0.5, 0.6) is 0 Å². The zero-order valence-corrected chi connectivity index (χ0v) is 11.4. The van der Waals surface area contributed by atoms with Crippen LogP contribution in [0.3, 0.4) is 0 Å². The van der Waals surface area contributed by atoms with Gasteiger partial charge in [-0.05, 0) is 32.0 Å². The summed E-state index contributed by atoms with van der Waals surface area (Å²) in [6.45, 7) is 4.15. The van der Waals surface area contributed by atoms with Gasteiger partial charge in [0.1, 0.15) is 11.6 Å². The Labute approximate surface area is 117 Å². The molecule has 0 aliphatic carbocycles. The fraction of sp³-hybridized carbons (Fsp3) is 0.286. The number of aromatic nitrogens is 3. The van der Waals surface area contributed by atoms with Crippen LogP contribution >= 0.6 is 0 Å². The number of rotatable bonds is 4. The highest BCUT2D eigenvalue weighted by molar-refractivity contribution is 5.90. The molecule has 1 aromatic heterocycles. The molecule has 0 unspecified atom stereocenters. The third-order valence-corrected chi connectivity index (χ3v) is 2.79. The lowest BCUT2D eigenvalue weighted by atomic mass is 10.2. The molecule has 0 aliphatic rings. The SMILES string of the molecule is Cc1nc(C)n(CCC(=O)Nc2cccc(C#N)c2)n1. The molecule has 0 bridgehead atoms.